The van der Waals surface area contributed by atoms with Crippen molar-refractivity contribution < 1.29 is 9.15 Å². The molecule has 2 nitrogen and oxygen atoms in total. The second-order valence-corrected chi connectivity index (χ2v) is 5.40. The first kappa shape index (κ1) is 13.8. The standard InChI is InChI=1S/C18H15ClO2/c1-12-5-6-13(2)18(10-12)21-17-8-7-14(11-15(17)19)16-4-3-9-20-16/h3-11H,1-2H3. The van der Waals surface area contributed by atoms with E-state index in [1.54, 1.807) is 6.26 Å². The Balaban J connectivity index is 1.91. The highest BCUT2D eigenvalue weighted by atomic mass is 35.5. The van der Waals surface area contributed by atoms with Crippen molar-refractivity contribution in [1.29, 1.82) is 0 Å². The molecule has 0 N–H and O–H groups in total. The molecular weight excluding hydrogens is 284 g/mol. The third-order valence-corrected chi connectivity index (χ3v) is 3.60. The van der Waals surface area contributed by atoms with Crippen LogP contribution in [0.5, 0.6) is 11.5 Å². The van der Waals surface area contributed by atoms with Crippen molar-refractivity contribution in [3.63, 3.8) is 0 Å². The molecule has 1 aromatic heterocycles. The number of hydrogen-bond acceptors (Lipinski definition) is 2. The van der Waals surface area contributed by atoms with Gasteiger partial charge in [0.05, 0.1) is 11.3 Å². The van der Waals surface area contributed by atoms with Crippen molar-refractivity contribution in [1.82, 2.24) is 0 Å². The molecule has 0 saturated carbocycles. The fraction of sp³-hybridized carbons (Fsp3) is 0.111. The molecule has 3 aromatic rings. The first-order chi connectivity index (χ1) is 10.1. The average Bonchev–Trinajstić information content (AvgIpc) is 2.99. The fourth-order valence-electron chi connectivity index (χ4n) is 2.12. The quantitative estimate of drug-likeness (QED) is 0.591. The van der Waals surface area contributed by atoms with E-state index in [0.717, 1.165) is 28.2 Å². The van der Waals surface area contributed by atoms with Gasteiger partial charge in [-0.15, -0.1) is 0 Å². The van der Waals surface area contributed by atoms with E-state index in [0.29, 0.717) is 10.8 Å². The van der Waals surface area contributed by atoms with Crippen LogP contribution < -0.4 is 4.74 Å². The lowest BCUT2D eigenvalue weighted by Crippen LogP contribution is -1.89. The predicted octanol–water partition coefficient (Wildman–Crippen LogP) is 6.01. The van der Waals surface area contributed by atoms with Gasteiger partial charge < -0.3 is 9.15 Å². The maximum absolute atomic E-state index is 6.32. The van der Waals surface area contributed by atoms with Crippen LogP contribution in [0.3, 0.4) is 0 Å². The third-order valence-electron chi connectivity index (χ3n) is 3.30. The van der Waals surface area contributed by atoms with Gasteiger partial charge in [-0.2, -0.15) is 0 Å². The van der Waals surface area contributed by atoms with Gasteiger partial charge in [0, 0.05) is 5.56 Å². The summed E-state index contributed by atoms with van der Waals surface area (Å²) in [5, 5.41) is 0.560. The van der Waals surface area contributed by atoms with Crippen molar-refractivity contribution in [2.45, 2.75) is 13.8 Å². The first-order valence-corrected chi connectivity index (χ1v) is 7.10. The van der Waals surface area contributed by atoms with Gasteiger partial charge in [-0.05, 0) is 61.4 Å². The lowest BCUT2D eigenvalue weighted by molar-refractivity contribution is 0.478. The minimum absolute atomic E-state index is 0.560. The Morgan fingerprint density at radius 2 is 1.81 bits per heavy atom. The first-order valence-electron chi connectivity index (χ1n) is 6.72. The maximum atomic E-state index is 6.32. The van der Waals surface area contributed by atoms with Crippen LogP contribution in [-0.2, 0) is 0 Å². The fourth-order valence-corrected chi connectivity index (χ4v) is 2.33. The zero-order valence-corrected chi connectivity index (χ0v) is 12.6. The van der Waals surface area contributed by atoms with Gasteiger partial charge in [0.15, 0.2) is 0 Å². The van der Waals surface area contributed by atoms with Crippen molar-refractivity contribution in [3.05, 3.63) is 70.9 Å². The molecule has 0 unspecified atom stereocenters. The van der Waals surface area contributed by atoms with Gasteiger partial charge in [0.1, 0.15) is 17.3 Å². The van der Waals surface area contributed by atoms with Crippen molar-refractivity contribution in [2.24, 2.45) is 0 Å². The average molecular weight is 299 g/mol. The third kappa shape index (κ3) is 2.96. The van der Waals surface area contributed by atoms with Gasteiger partial charge in [-0.3, -0.25) is 0 Å². The highest BCUT2D eigenvalue weighted by molar-refractivity contribution is 6.32. The van der Waals surface area contributed by atoms with Crippen LogP contribution >= 0.6 is 11.6 Å². The summed E-state index contributed by atoms with van der Waals surface area (Å²) in [5.41, 5.74) is 3.16. The Morgan fingerprint density at radius 1 is 0.952 bits per heavy atom. The van der Waals surface area contributed by atoms with E-state index < -0.39 is 0 Å². The second-order valence-electron chi connectivity index (χ2n) is 4.99. The molecule has 0 saturated heterocycles. The van der Waals surface area contributed by atoms with Crippen LogP contribution in [0, 0.1) is 13.8 Å². The van der Waals surface area contributed by atoms with Gasteiger partial charge >= 0.3 is 0 Å². The molecule has 0 aliphatic heterocycles. The summed E-state index contributed by atoms with van der Waals surface area (Å²) in [5.74, 6) is 2.25. The molecule has 0 spiro atoms. The molecule has 3 rings (SSSR count). The monoisotopic (exact) mass is 298 g/mol. The minimum Gasteiger partial charge on any atom is -0.464 e. The molecular formula is C18H15ClO2. The van der Waals surface area contributed by atoms with Crippen molar-refractivity contribution in [2.75, 3.05) is 0 Å². The summed E-state index contributed by atoms with van der Waals surface area (Å²) >= 11 is 6.32. The summed E-state index contributed by atoms with van der Waals surface area (Å²) in [6, 6.07) is 15.5. The summed E-state index contributed by atoms with van der Waals surface area (Å²) < 4.78 is 11.3. The highest BCUT2D eigenvalue weighted by Crippen LogP contribution is 2.34. The van der Waals surface area contributed by atoms with Crippen LogP contribution in [0.4, 0.5) is 0 Å². The smallest absolute Gasteiger partial charge is 0.146 e. The van der Waals surface area contributed by atoms with Gasteiger partial charge in [0.25, 0.3) is 0 Å². The Hall–Kier alpha value is -2.19. The van der Waals surface area contributed by atoms with Crippen LogP contribution in [0.2, 0.25) is 5.02 Å². The number of benzene rings is 2. The molecule has 106 valence electrons. The summed E-state index contributed by atoms with van der Waals surface area (Å²) in [6.07, 6.45) is 1.64. The molecule has 0 aliphatic rings. The Labute approximate surface area is 128 Å². The zero-order chi connectivity index (χ0) is 14.8. The summed E-state index contributed by atoms with van der Waals surface area (Å²) in [4.78, 5) is 0. The number of ether oxygens (including phenoxy) is 1. The van der Waals surface area contributed by atoms with Gasteiger partial charge in [-0.1, -0.05) is 23.7 Å². The maximum Gasteiger partial charge on any atom is 0.146 e. The summed E-state index contributed by atoms with van der Waals surface area (Å²) in [6.45, 7) is 4.05. The Kier molecular flexibility index (Phi) is 3.72. The lowest BCUT2D eigenvalue weighted by Gasteiger charge is -2.11. The summed E-state index contributed by atoms with van der Waals surface area (Å²) in [7, 11) is 0. The molecule has 0 fully saturated rings. The van der Waals surface area contributed by atoms with Crippen LogP contribution in [-0.4, -0.2) is 0 Å². The molecule has 0 radical (unpaired) electrons. The van der Waals surface area contributed by atoms with Crippen LogP contribution in [0.1, 0.15) is 11.1 Å². The van der Waals surface area contributed by atoms with E-state index in [4.69, 9.17) is 20.8 Å². The van der Waals surface area contributed by atoms with Gasteiger partial charge in [-0.25, -0.2) is 0 Å². The molecule has 21 heavy (non-hydrogen) atoms. The molecule has 0 atom stereocenters. The van der Waals surface area contributed by atoms with E-state index >= 15 is 0 Å². The second kappa shape index (κ2) is 5.66. The highest BCUT2D eigenvalue weighted by Gasteiger charge is 2.09. The number of rotatable bonds is 3. The SMILES string of the molecule is Cc1ccc(C)c(Oc2ccc(-c3ccco3)cc2Cl)c1. The molecule has 3 heteroatoms. The predicted molar refractivity (Wildman–Crippen MR) is 85.1 cm³/mol. The van der Waals surface area contributed by atoms with E-state index in [1.165, 1.54) is 0 Å². The number of hydrogen-bond donors (Lipinski definition) is 0. The van der Waals surface area contributed by atoms with Crippen LogP contribution in [0.15, 0.2) is 59.2 Å². The van der Waals surface area contributed by atoms with Crippen molar-refractivity contribution in [3.8, 4) is 22.8 Å². The Morgan fingerprint density at radius 3 is 2.52 bits per heavy atom. The van der Waals surface area contributed by atoms with Crippen LogP contribution in [0.25, 0.3) is 11.3 Å². The lowest BCUT2D eigenvalue weighted by atomic mass is 10.1. The molecule has 0 aliphatic carbocycles. The van der Waals surface area contributed by atoms with Crippen molar-refractivity contribution >= 4 is 11.6 Å². The molecule has 1 heterocycles. The number of furan rings is 1. The largest absolute Gasteiger partial charge is 0.464 e. The number of aryl methyl sites for hydroxylation is 2. The topological polar surface area (TPSA) is 22.4 Å². The molecule has 2 aromatic carbocycles. The van der Waals surface area contributed by atoms with Gasteiger partial charge in [0.2, 0.25) is 0 Å². The minimum atomic E-state index is 0.560. The van der Waals surface area contributed by atoms with E-state index in [9.17, 15) is 0 Å². The normalized spacial score (nSPS) is 10.6. The molecule has 0 bridgehead atoms. The zero-order valence-electron chi connectivity index (χ0n) is 11.9. The number of halogens is 1. The van der Waals surface area contributed by atoms with E-state index in [-0.39, 0.29) is 0 Å². The molecule has 0 amide bonds. The Bertz CT molecular complexity index is 761. The van der Waals surface area contributed by atoms with E-state index in [1.807, 2.05) is 56.3 Å². The van der Waals surface area contributed by atoms with E-state index in [2.05, 4.69) is 6.07 Å².